The smallest absolute Gasteiger partial charge is 0.00160 e. The maximum Gasteiger partial charge on any atom is 0.00160 e. The molecule has 0 unspecified atom stereocenters. The van der Waals surface area contributed by atoms with Gasteiger partial charge in [0.05, 0.1) is 0 Å². The van der Waals surface area contributed by atoms with E-state index in [-0.39, 0.29) is 0 Å². The Hall–Kier alpha value is -0.300. The van der Waals surface area contributed by atoms with E-state index >= 15 is 0 Å². The van der Waals surface area contributed by atoms with Crippen molar-refractivity contribution in [2.75, 3.05) is 19.6 Å². The van der Waals surface area contributed by atoms with Crippen LogP contribution in [0.15, 0.2) is 12.2 Å². The Morgan fingerprint density at radius 2 is 1.82 bits per heavy atom. The third-order valence-corrected chi connectivity index (χ3v) is 2.22. The molecule has 11 heavy (non-hydrogen) atoms. The van der Waals surface area contributed by atoms with E-state index < -0.39 is 0 Å². The normalized spacial score (nSPS) is 20.1. The summed E-state index contributed by atoms with van der Waals surface area (Å²) in [6, 6.07) is 0. The third-order valence-electron chi connectivity index (χ3n) is 2.22. The first-order valence-corrected chi connectivity index (χ1v) is 4.81. The summed E-state index contributed by atoms with van der Waals surface area (Å²) in [6.45, 7) is 6.11. The first kappa shape index (κ1) is 8.79. The van der Waals surface area contributed by atoms with Gasteiger partial charge >= 0.3 is 0 Å². The fourth-order valence-corrected chi connectivity index (χ4v) is 1.47. The van der Waals surface area contributed by atoms with Crippen LogP contribution in [-0.4, -0.2) is 24.5 Å². The van der Waals surface area contributed by atoms with Crippen LogP contribution >= 0.6 is 0 Å². The van der Waals surface area contributed by atoms with Crippen LogP contribution in [0.5, 0.6) is 0 Å². The third kappa shape index (κ3) is 3.57. The Kier molecular flexibility index (Phi) is 4.29. The summed E-state index contributed by atoms with van der Waals surface area (Å²) in [7, 11) is 0. The minimum atomic E-state index is 1.25. The van der Waals surface area contributed by atoms with Crippen LogP contribution in [0, 0.1) is 0 Å². The quantitative estimate of drug-likeness (QED) is 0.563. The maximum absolute atomic E-state index is 2.57. The average Bonchev–Trinajstić information content (AvgIpc) is 2.28. The Bertz CT molecular complexity index is 108. The lowest BCUT2D eigenvalue weighted by molar-refractivity contribution is 0.284. The molecule has 1 nitrogen and oxygen atoms in total. The Morgan fingerprint density at radius 3 is 2.36 bits per heavy atom. The van der Waals surface area contributed by atoms with Crippen LogP contribution in [0.25, 0.3) is 0 Å². The van der Waals surface area contributed by atoms with Gasteiger partial charge < -0.3 is 4.90 Å². The second-order valence-electron chi connectivity index (χ2n) is 3.24. The first-order chi connectivity index (χ1) is 5.43. The monoisotopic (exact) mass is 153 g/mol. The highest BCUT2D eigenvalue weighted by atomic mass is 15.1. The molecule has 0 aromatic heterocycles. The molecule has 0 amide bonds. The van der Waals surface area contributed by atoms with Crippen molar-refractivity contribution in [2.45, 2.75) is 32.6 Å². The van der Waals surface area contributed by atoms with Crippen molar-refractivity contribution in [2.24, 2.45) is 0 Å². The first-order valence-electron chi connectivity index (χ1n) is 4.81. The van der Waals surface area contributed by atoms with Gasteiger partial charge in [0.2, 0.25) is 0 Å². The van der Waals surface area contributed by atoms with Gasteiger partial charge in [0.25, 0.3) is 0 Å². The summed E-state index contributed by atoms with van der Waals surface area (Å²) >= 11 is 0. The van der Waals surface area contributed by atoms with E-state index in [2.05, 4.69) is 24.0 Å². The highest BCUT2D eigenvalue weighted by Gasteiger charge is 2.03. The Balaban J connectivity index is 2.13. The zero-order chi connectivity index (χ0) is 7.94. The molecule has 1 rings (SSSR count). The van der Waals surface area contributed by atoms with E-state index in [0.717, 1.165) is 0 Å². The van der Waals surface area contributed by atoms with Crippen molar-refractivity contribution in [1.82, 2.24) is 4.90 Å². The molecule has 0 saturated heterocycles. The number of nitrogens with zero attached hydrogens (tertiary/aromatic N) is 1. The van der Waals surface area contributed by atoms with E-state index in [1.807, 2.05) is 0 Å². The molecule has 0 bridgehead atoms. The van der Waals surface area contributed by atoms with E-state index in [4.69, 9.17) is 0 Å². The van der Waals surface area contributed by atoms with Crippen molar-refractivity contribution in [3.8, 4) is 0 Å². The van der Waals surface area contributed by atoms with Crippen LogP contribution in [0.1, 0.15) is 32.6 Å². The van der Waals surface area contributed by atoms with Crippen molar-refractivity contribution in [3.05, 3.63) is 12.2 Å². The zero-order valence-electron chi connectivity index (χ0n) is 7.55. The molecule has 0 aromatic carbocycles. The molecule has 0 radical (unpaired) electrons. The molecule has 1 aliphatic heterocycles. The van der Waals surface area contributed by atoms with Crippen LogP contribution < -0.4 is 0 Å². The molecule has 0 spiro atoms. The highest BCUT2D eigenvalue weighted by molar-refractivity contribution is 4.86. The molecule has 0 atom stereocenters. The van der Waals surface area contributed by atoms with Gasteiger partial charge in [-0.05, 0) is 25.8 Å². The van der Waals surface area contributed by atoms with Crippen molar-refractivity contribution in [3.63, 3.8) is 0 Å². The highest BCUT2D eigenvalue weighted by Crippen LogP contribution is 2.03. The summed E-state index contributed by atoms with van der Waals surface area (Å²) in [5, 5.41) is 0. The lowest BCUT2D eigenvalue weighted by Gasteiger charge is -2.18. The van der Waals surface area contributed by atoms with Gasteiger partial charge in [-0.2, -0.15) is 0 Å². The molecule has 0 fully saturated rings. The maximum atomic E-state index is 2.57. The predicted octanol–water partition coefficient (Wildman–Crippen LogP) is 2.44. The molecule has 1 heterocycles. The average molecular weight is 153 g/mol. The van der Waals surface area contributed by atoms with Crippen molar-refractivity contribution >= 4 is 0 Å². The summed E-state index contributed by atoms with van der Waals surface area (Å²) in [5.41, 5.74) is 0. The van der Waals surface area contributed by atoms with Crippen molar-refractivity contribution < 1.29 is 0 Å². The minimum Gasteiger partial charge on any atom is -0.303 e. The fourth-order valence-electron chi connectivity index (χ4n) is 1.47. The number of hydrogen-bond acceptors (Lipinski definition) is 1. The van der Waals surface area contributed by atoms with Crippen LogP contribution in [0.2, 0.25) is 0 Å². The molecule has 0 aliphatic carbocycles. The fraction of sp³-hybridized carbons (Fsp3) is 0.800. The Morgan fingerprint density at radius 1 is 1.18 bits per heavy atom. The number of rotatable bonds is 3. The van der Waals surface area contributed by atoms with Gasteiger partial charge in [-0.3, -0.25) is 0 Å². The second kappa shape index (κ2) is 5.36. The van der Waals surface area contributed by atoms with E-state index in [1.165, 1.54) is 45.3 Å². The predicted molar refractivity (Wildman–Crippen MR) is 49.7 cm³/mol. The van der Waals surface area contributed by atoms with Gasteiger partial charge in [-0.1, -0.05) is 25.5 Å². The summed E-state index contributed by atoms with van der Waals surface area (Å²) in [6.07, 6.45) is 9.81. The largest absolute Gasteiger partial charge is 0.303 e. The second-order valence-corrected chi connectivity index (χ2v) is 3.24. The molecule has 1 aliphatic rings. The lowest BCUT2D eigenvalue weighted by atomic mass is 10.3. The van der Waals surface area contributed by atoms with Gasteiger partial charge in [0.15, 0.2) is 0 Å². The van der Waals surface area contributed by atoms with Gasteiger partial charge in [-0.25, -0.2) is 0 Å². The molecule has 0 saturated carbocycles. The van der Waals surface area contributed by atoms with Crippen LogP contribution in [-0.2, 0) is 0 Å². The van der Waals surface area contributed by atoms with Crippen molar-refractivity contribution in [1.29, 1.82) is 0 Å². The van der Waals surface area contributed by atoms with E-state index in [9.17, 15) is 0 Å². The molecular weight excluding hydrogens is 134 g/mol. The van der Waals surface area contributed by atoms with E-state index in [0.29, 0.717) is 0 Å². The van der Waals surface area contributed by atoms with Crippen LogP contribution in [0.4, 0.5) is 0 Å². The summed E-state index contributed by atoms with van der Waals surface area (Å²) in [4.78, 5) is 2.57. The number of hydrogen-bond donors (Lipinski definition) is 0. The molecule has 1 heteroatoms. The van der Waals surface area contributed by atoms with Gasteiger partial charge in [0, 0.05) is 13.1 Å². The van der Waals surface area contributed by atoms with Gasteiger partial charge in [0.1, 0.15) is 0 Å². The molecule has 0 N–H and O–H groups in total. The van der Waals surface area contributed by atoms with Crippen LogP contribution in [0.3, 0.4) is 0 Å². The minimum absolute atomic E-state index is 1.25. The topological polar surface area (TPSA) is 3.24 Å². The number of unbranched alkanes of at least 4 members (excludes halogenated alkanes) is 1. The summed E-state index contributed by atoms with van der Waals surface area (Å²) in [5.74, 6) is 0. The Labute approximate surface area is 70.1 Å². The zero-order valence-corrected chi connectivity index (χ0v) is 7.55. The van der Waals surface area contributed by atoms with E-state index in [1.54, 1.807) is 0 Å². The molecule has 64 valence electrons. The standard InChI is InChI=1S/C10H19N/c1-2-3-8-11-9-6-4-5-7-10-11/h4-5H,2-3,6-10H2,1H3. The van der Waals surface area contributed by atoms with Gasteiger partial charge in [-0.15, -0.1) is 0 Å². The SMILES string of the molecule is CCCCN1CCC=CCC1. The lowest BCUT2D eigenvalue weighted by Crippen LogP contribution is -2.25. The molecular formula is C10H19N. The summed E-state index contributed by atoms with van der Waals surface area (Å²) < 4.78 is 0. The molecule has 0 aromatic rings.